The molecule has 1 aliphatic rings. The number of nitrogens with zero attached hydrogens (tertiary/aromatic N) is 2. The average molecular weight is 360 g/mol. The first-order chi connectivity index (χ1) is 10.8. The molecule has 1 aromatic rings. The van der Waals surface area contributed by atoms with Gasteiger partial charge in [-0.25, -0.2) is 13.2 Å². The zero-order valence-electron chi connectivity index (χ0n) is 13.1. The number of ether oxygens (including phenoxy) is 1. The molecule has 1 atom stereocenters. The molecule has 1 aliphatic heterocycles. The monoisotopic (exact) mass is 360 g/mol. The number of carbonyl (C=O) groups excluding carboxylic acids is 2. The van der Waals surface area contributed by atoms with Crippen LogP contribution in [0, 0.1) is 0 Å². The summed E-state index contributed by atoms with van der Waals surface area (Å²) in [6.07, 6.45) is -0.435. The van der Waals surface area contributed by atoms with Crippen molar-refractivity contribution < 1.29 is 22.7 Å². The molecule has 0 N–H and O–H groups in total. The highest BCUT2D eigenvalue weighted by Gasteiger charge is 2.31. The molecule has 2 rings (SSSR count). The maximum atomic E-state index is 12.2. The Kier molecular flexibility index (Phi) is 5.64. The average Bonchev–Trinajstić information content (AvgIpc) is 2.97. The van der Waals surface area contributed by atoms with Crippen molar-refractivity contribution in [3.63, 3.8) is 0 Å². The minimum Gasteiger partial charge on any atom is -0.453 e. The first-order valence-electron chi connectivity index (χ1n) is 7.17. The molecule has 7 nitrogen and oxygen atoms in total. The van der Waals surface area contributed by atoms with Gasteiger partial charge in [-0.3, -0.25) is 4.79 Å². The van der Waals surface area contributed by atoms with E-state index in [2.05, 4.69) is 4.74 Å². The zero-order chi connectivity index (χ0) is 17.0. The van der Waals surface area contributed by atoms with Crippen LogP contribution in [0.25, 0.3) is 0 Å². The Morgan fingerprint density at radius 1 is 1.39 bits per heavy atom. The minimum atomic E-state index is -3.49. The van der Waals surface area contributed by atoms with E-state index in [-0.39, 0.29) is 11.8 Å². The van der Waals surface area contributed by atoms with Gasteiger partial charge in [0.15, 0.2) is 9.84 Å². The lowest BCUT2D eigenvalue weighted by molar-refractivity contribution is -0.131. The van der Waals surface area contributed by atoms with Gasteiger partial charge in [0.2, 0.25) is 5.91 Å². The molecule has 0 saturated carbocycles. The van der Waals surface area contributed by atoms with Crippen molar-refractivity contribution >= 4 is 33.2 Å². The summed E-state index contributed by atoms with van der Waals surface area (Å²) in [5.74, 6) is -1.04. The highest BCUT2D eigenvalue weighted by molar-refractivity contribution is 7.91. The molecular formula is C14H20N2O5S2. The van der Waals surface area contributed by atoms with Gasteiger partial charge >= 0.3 is 6.09 Å². The Balaban J connectivity index is 1.93. The van der Waals surface area contributed by atoms with Crippen molar-refractivity contribution in [3.05, 3.63) is 22.4 Å². The summed E-state index contributed by atoms with van der Waals surface area (Å²) in [7, 11) is -2.18. The van der Waals surface area contributed by atoms with Gasteiger partial charge in [-0.1, -0.05) is 6.07 Å². The van der Waals surface area contributed by atoms with Crippen LogP contribution in [0.2, 0.25) is 0 Å². The normalized spacial score (nSPS) is 18.8. The first kappa shape index (κ1) is 17.7. The van der Waals surface area contributed by atoms with Gasteiger partial charge in [0.05, 0.1) is 12.9 Å². The summed E-state index contributed by atoms with van der Waals surface area (Å²) < 4.78 is 28.9. The van der Waals surface area contributed by atoms with Crippen LogP contribution in [0.3, 0.4) is 0 Å². The van der Waals surface area contributed by atoms with E-state index >= 15 is 0 Å². The van der Waals surface area contributed by atoms with Crippen molar-refractivity contribution in [2.24, 2.45) is 0 Å². The van der Waals surface area contributed by atoms with Crippen molar-refractivity contribution in [2.45, 2.75) is 18.7 Å². The number of thiophene rings is 1. The molecule has 0 aromatic carbocycles. The predicted molar refractivity (Wildman–Crippen MR) is 87.0 cm³/mol. The van der Waals surface area contributed by atoms with E-state index < -0.39 is 27.6 Å². The molecule has 0 spiro atoms. The molecule has 0 radical (unpaired) electrons. The fourth-order valence-corrected chi connectivity index (χ4v) is 5.01. The topological polar surface area (TPSA) is 84.0 Å². The second-order valence-electron chi connectivity index (χ2n) is 5.46. The van der Waals surface area contributed by atoms with Crippen LogP contribution in [0.5, 0.6) is 0 Å². The van der Waals surface area contributed by atoms with E-state index in [4.69, 9.17) is 0 Å². The summed E-state index contributed by atoms with van der Waals surface area (Å²) in [4.78, 5) is 27.6. The Morgan fingerprint density at radius 2 is 2.13 bits per heavy atom. The smallest absolute Gasteiger partial charge is 0.409 e. The van der Waals surface area contributed by atoms with Crippen LogP contribution in [0.4, 0.5) is 4.79 Å². The van der Waals surface area contributed by atoms with Crippen molar-refractivity contribution in [3.8, 4) is 0 Å². The van der Waals surface area contributed by atoms with Gasteiger partial charge in [-0.15, -0.1) is 11.3 Å². The SMILES string of the molecule is COC(=O)N1CCN(C(=O)CS(=O)(=O)Cc2cccs2)C[C@@H]1C. The number of carbonyl (C=O) groups is 2. The quantitative estimate of drug-likeness (QED) is 0.799. The Labute approximate surface area is 139 Å². The van der Waals surface area contributed by atoms with Crippen molar-refractivity contribution in [2.75, 3.05) is 32.5 Å². The van der Waals surface area contributed by atoms with E-state index in [9.17, 15) is 18.0 Å². The van der Waals surface area contributed by atoms with E-state index in [0.29, 0.717) is 19.6 Å². The molecule has 2 heterocycles. The second kappa shape index (κ2) is 7.31. The number of piperazine rings is 1. The Morgan fingerprint density at radius 3 is 2.70 bits per heavy atom. The fraction of sp³-hybridized carbons (Fsp3) is 0.571. The summed E-state index contributed by atoms with van der Waals surface area (Å²) in [6.45, 7) is 2.76. The highest BCUT2D eigenvalue weighted by atomic mass is 32.2. The zero-order valence-corrected chi connectivity index (χ0v) is 14.7. The number of methoxy groups -OCH3 is 1. The van der Waals surface area contributed by atoms with Gasteiger partial charge in [-0.05, 0) is 18.4 Å². The minimum absolute atomic E-state index is 0.117. The number of hydrogen-bond donors (Lipinski definition) is 0. The Hall–Kier alpha value is -1.61. The van der Waals surface area contributed by atoms with Gasteiger partial charge in [0.1, 0.15) is 5.75 Å². The fourth-order valence-electron chi connectivity index (χ4n) is 2.51. The second-order valence-corrected chi connectivity index (χ2v) is 8.56. The lowest BCUT2D eigenvalue weighted by Gasteiger charge is -2.38. The molecule has 0 aliphatic carbocycles. The molecule has 1 fully saturated rings. The molecule has 9 heteroatoms. The maximum Gasteiger partial charge on any atom is 0.409 e. The number of hydrogen-bond acceptors (Lipinski definition) is 6. The molecular weight excluding hydrogens is 340 g/mol. The van der Waals surface area contributed by atoms with E-state index in [0.717, 1.165) is 4.88 Å². The summed E-state index contributed by atoms with van der Waals surface area (Å²) in [5.41, 5.74) is 0. The highest BCUT2D eigenvalue weighted by Crippen LogP contribution is 2.15. The van der Waals surface area contributed by atoms with Crippen LogP contribution in [0.1, 0.15) is 11.8 Å². The molecule has 2 amide bonds. The summed E-state index contributed by atoms with van der Waals surface area (Å²) in [6, 6.07) is 3.31. The Bertz CT molecular complexity index is 657. The number of rotatable bonds is 4. The molecule has 23 heavy (non-hydrogen) atoms. The molecule has 0 bridgehead atoms. The van der Waals surface area contributed by atoms with Crippen LogP contribution < -0.4 is 0 Å². The predicted octanol–water partition coefficient (Wildman–Crippen LogP) is 0.962. The third-order valence-corrected chi connectivity index (χ3v) is 6.17. The first-order valence-corrected chi connectivity index (χ1v) is 9.87. The molecule has 1 saturated heterocycles. The van der Waals surface area contributed by atoms with E-state index in [1.54, 1.807) is 24.4 Å². The van der Waals surface area contributed by atoms with Gasteiger partial charge in [0, 0.05) is 30.6 Å². The van der Waals surface area contributed by atoms with Crippen LogP contribution in [-0.4, -0.2) is 68.8 Å². The van der Waals surface area contributed by atoms with E-state index in [1.165, 1.54) is 28.2 Å². The largest absolute Gasteiger partial charge is 0.453 e. The lowest BCUT2D eigenvalue weighted by Crippen LogP contribution is -2.56. The molecule has 0 unspecified atom stereocenters. The van der Waals surface area contributed by atoms with E-state index in [1.807, 2.05) is 0 Å². The van der Waals surface area contributed by atoms with Crippen LogP contribution in [-0.2, 0) is 25.1 Å². The lowest BCUT2D eigenvalue weighted by atomic mass is 10.2. The summed E-state index contributed by atoms with van der Waals surface area (Å²) >= 11 is 1.36. The molecule has 1 aromatic heterocycles. The standard InChI is InChI=1S/C14H20N2O5S2/c1-11-8-15(5-6-16(11)14(18)21-2)13(17)10-23(19,20)9-12-4-3-7-22-12/h3-4,7,11H,5-6,8-10H2,1-2H3/t11-/m0/s1. The maximum absolute atomic E-state index is 12.2. The van der Waals surface area contributed by atoms with Gasteiger partial charge in [-0.2, -0.15) is 0 Å². The number of amides is 2. The van der Waals surface area contributed by atoms with Crippen molar-refractivity contribution in [1.29, 1.82) is 0 Å². The van der Waals surface area contributed by atoms with Crippen LogP contribution >= 0.6 is 11.3 Å². The number of sulfone groups is 1. The van der Waals surface area contributed by atoms with Crippen molar-refractivity contribution in [1.82, 2.24) is 9.80 Å². The van der Waals surface area contributed by atoms with Crippen LogP contribution in [0.15, 0.2) is 17.5 Å². The third kappa shape index (κ3) is 4.68. The molecule has 128 valence electrons. The van der Waals surface area contributed by atoms with Gasteiger partial charge in [0.25, 0.3) is 0 Å². The van der Waals surface area contributed by atoms with Gasteiger partial charge < -0.3 is 14.5 Å². The summed E-state index contributed by atoms with van der Waals surface area (Å²) in [5, 5.41) is 1.81. The third-order valence-electron chi connectivity index (χ3n) is 3.67.